The van der Waals surface area contributed by atoms with E-state index in [1.54, 1.807) is 0 Å². The van der Waals surface area contributed by atoms with Crippen LogP contribution in [-0.2, 0) is 4.79 Å². The Labute approximate surface area is 145 Å². The quantitative estimate of drug-likeness (QED) is 0.528. The Bertz CT molecular complexity index is 614. The number of aliphatic hydroxyl groups is 1. The van der Waals surface area contributed by atoms with Crippen LogP contribution in [0.15, 0.2) is 71.9 Å². The van der Waals surface area contributed by atoms with Gasteiger partial charge in [0.05, 0.1) is 6.10 Å². The number of rotatable bonds is 7. The van der Waals surface area contributed by atoms with Crippen LogP contribution in [0.4, 0.5) is 0 Å². The molecule has 24 heavy (non-hydrogen) atoms. The minimum atomic E-state index is -0.464. The van der Waals surface area contributed by atoms with Crippen molar-refractivity contribution in [1.82, 2.24) is 0 Å². The Balaban J connectivity index is 1.85. The van der Waals surface area contributed by atoms with Crippen LogP contribution < -0.4 is 0 Å². The van der Waals surface area contributed by atoms with Gasteiger partial charge in [-0.1, -0.05) is 60.8 Å². The number of carbonyl (C=O) groups excluding carboxylic acids is 1. The molecule has 1 unspecified atom stereocenters. The average Bonchev–Trinajstić information content (AvgIpc) is 3.02. The molecule has 0 aromatic rings. The standard InChI is InChI=1S/C22H28O2/c1-3-18(9-10-19-7-5-4-6-8-19)11-13-21(23)15-17(2)20-12-14-22(24)16-20/h3-7,9-10,15,20-21,23H,1,8,11-14,16H2,2H3/b17-15+,18-9+,19-10-/t20-,21?/m0/s1. The van der Waals surface area contributed by atoms with E-state index >= 15 is 0 Å². The summed E-state index contributed by atoms with van der Waals surface area (Å²) >= 11 is 0. The van der Waals surface area contributed by atoms with Crippen molar-refractivity contribution in [2.45, 2.75) is 51.6 Å². The van der Waals surface area contributed by atoms with E-state index in [-0.39, 0.29) is 0 Å². The Morgan fingerprint density at radius 2 is 2.29 bits per heavy atom. The molecular weight excluding hydrogens is 296 g/mol. The number of allylic oxidation sites excluding steroid dienone is 10. The lowest BCUT2D eigenvalue weighted by atomic mass is 9.96. The van der Waals surface area contributed by atoms with E-state index in [9.17, 15) is 9.90 Å². The summed E-state index contributed by atoms with van der Waals surface area (Å²) in [6.45, 7) is 5.90. The van der Waals surface area contributed by atoms with Crippen molar-refractivity contribution in [2.75, 3.05) is 0 Å². The van der Waals surface area contributed by atoms with Gasteiger partial charge < -0.3 is 5.11 Å². The van der Waals surface area contributed by atoms with Gasteiger partial charge in [0, 0.05) is 12.8 Å². The fourth-order valence-electron chi connectivity index (χ4n) is 3.16. The molecule has 2 heteroatoms. The molecule has 0 aliphatic heterocycles. The van der Waals surface area contributed by atoms with Crippen LogP contribution in [0.3, 0.4) is 0 Å². The molecule has 128 valence electrons. The van der Waals surface area contributed by atoms with Gasteiger partial charge in [-0.3, -0.25) is 4.79 Å². The predicted octanol–water partition coefficient (Wildman–Crippen LogP) is 5.00. The Kier molecular flexibility index (Phi) is 7.20. The molecule has 0 aromatic carbocycles. The van der Waals surface area contributed by atoms with Crippen molar-refractivity contribution < 1.29 is 9.90 Å². The van der Waals surface area contributed by atoms with Crippen LogP contribution in [-0.4, -0.2) is 17.0 Å². The van der Waals surface area contributed by atoms with Gasteiger partial charge in [0.1, 0.15) is 5.78 Å². The van der Waals surface area contributed by atoms with Crippen LogP contribution in [0.5, 0.6) is 0 Å². The third-order valence-corrected chi connectivity index (χ3v) is 4.76. The smallest absolute Gasteiger partial charge is 0.133 e. The van der Waals surface area contributed by atoms with Gasteiger partial charge in [-0.25, -0.2) is 0 Å². The van der Waals surface area contributed by atoms with Crippen LogP contribution in [0.25, 0.3) is 0 Å². The zero-order valence-electron chi connectivity index (χ0n) is 14.6. The van der Waals surface area contributed by atoms with Gasteiger partial charge in [-0.05, 0) is 49.7 Å². The maximum Gasteiger partial charge on any atom is 0.133 e. The minimum Gasteiger partial charge on any atom is -0.389 e. The number of Topliss-reactive ketones (excluding diaryl/α,β-unsaturated/α-hetero) is 1. The molecule has 0 amide bonds. The molecule has 0 aromatic heterocycles. The largest absolute Gasteiger partial charge is 0.389 e. The van der Waals surface area contributed by atoms with Crippen molar-refractivity contribution in [1.29, 1.82) is 0 Å². The topological polar surface area (TPSA) is 37.3 Å². The second-order valence-electron chi connectivity index (χ2n) is 6.67. The Morgan fingerprint density at radius 1 is 1.46 bits per heavy atom. The third-order valence-electron chi connectivity index (χ3n) is 4.76. The van der Waals surface area contributed by atoms with Gasteiger partial charge in [-0.2, -0.15) is 0 Å². The lowest BCUT2D eigenvalue weighted by Crippen LogP contribution is -2.06. The molecule has 2 aliphatic carbocycles. The number of aliphatic hydroxyl groups excluding tert-OH is 1. The summed E-state index contributed by atoms with van der Waals surface area (Å²) in [4.78, 5) is 11.4. The van der Waals surface area contributed by atoms with E-state index in [0.717, 1.165) is 30.4 Å². The molecule has 0 bridgehead atoms. The summed E-state index contributed by atoms with van der Waals surface area (Å²) in [5, 5.41) is 10.2. The lowest BCUT2D eigenvalue weighted by molar-refractivity contribution is -0.117. The van der Waals surface area contributed by atoms with Crippen molar-refractivity contribution >= 4 is 5.78 Å². The Hall–Kier alpha value is -1.93. The van der Waals surface area contributed by atoms with Crippen LogP contribution in [0.2, 0.25) is 0 Å². The highest BCUT2D eigenvalue weighted by Crippen LogP contribution is 2.29. The molecule has 0 radical (unpaired) electrons. The van der Waals surface area contributed by atoms with E-state index in [4.69, 9.17) is 0 Å². The Morgan fingerprint density at radius 3 is 2.92 bits per heavy atom. The fourth-order valence-corrected chi connectivity index (χ4v) is 3.16. The van der Waals surface area contributed by atoms with Crippen LogP contribution >= 0.6 is 0 Å². The van der Waals surface area contributed by atoms with Crippen LogP contribution in [0, 0.1) is 5.92 Å². The first-order valence-corrected chi connectivity index (χ1v) is 8.82. The number of hydrogen-bond acceptors (Lipinski definition) is 2. The summed E-state index contributed by atoms with van der Waals surface area (Å²) in [5.74, 6) is 0.677. The SMILES string of the molecule is C=C/C(=C\C=C1\C=CC=CC1)CCC(O)/C=C(\C)[C@H]1CCC(=O)C1. The molecule has 1 N–H and O–H groups in total. The first kappa shape index (κ1) is 18.4. The molecule has 1 fully saturated rings. The van der Waals surface area contributed by atoms with Gasteiger partial charge in [-0.15, -0.1) is 0 Å². The van der Waals surface area contributed by atoms with Gasteiger partial charge in [0.25, 0.3) is 0 Å². The summed E-state index contributed by atoms with van der Waals surface area (Å²) in [6, 6.07) is 0. The second-order valence-corrected chi connectivity index (χ2v) is 6.67. The first-order valence-electron chi connectivity index (χ1n) is 8.82. The molecule has 2 atom stereocenters. The molecule has 0 saturated heterocycles. The zero-order valence-corrected chi connectivity index (χ0v) is 14.6. The summed E-state index contributed by atoms with van der Waals surface area (Å²) in [7, 11) is 0. The number of ketones is 1. The summed E-state index contributed by atoms with van der Waals surface area (Å²) in [5.41, 5.74) is 3.56. The summed E-state index contributed by atoms with van der Waals surface area (Å²) in [6.07, 6.45) is 20.6. The predicted molar refractivity (Wildman–Crippen MR) is 101 cm³/mol. The maximum atomic E-state index is 11.4. The lowest BCUT2D eigenvalue weighted by Gasteiger charge is -2.12. The zero-order chi connectivity index (χ0) is 17.4. The molecule has 0 spiro atoms. The fraction of sp³-hybridized carbons (Fsp3) is 0.409. The van der Waals surface area contributed by atoms with Crippen LogP contribution in [0.1, 0.15) is 45.4 Å². The van der Waals surface area contributed by atoms with E-state index in [2.05, 4.69) is 37.0 Å². The summed E-state index contributed by atoms with van der Waals surface area (Å²) < 4.78 is 0. The molecule has 2 aliphatic rings. The van der Waals surface area contributed by atoms with Crippen molar-refractivity contribution in [3.05, 3.63) is 71.9 Å². The molecule has 2 nitrogen and oxygen atoms in total. The minimum absolute atomic E-state index is 0.331. The van der Waals surface area contributed by atoms with E-state index in [1.165, 1.54) is 5.57 Å². The van der Waals surface area contributed by atoms with Gasteiger partial charge >= 0.3 is 0 Å². The second kappa shape index (κ2) is 9.39. The highest BCUT2D eigenvalue weighted by Gasteiger charge is 2.23. The highest BCUT2D eigenvalue weighted by atomic mass is 16.3. The monoisotopic (exact) mass is 324 g/mol. The van der Waals surface area contributed by atoms with Gasteiger partial charge in [0.2, 0.25) is 0 Å². The average molecular weight is 324 g/mol. The van der Waals surface area contributed by atoms with E-state index in [0.29, 0.717) is 31.0 Å². The normalized spacial score (nSPS) is 24.7. The molecule has 2 rings (SSSR count). The highest BCUT2D eigenvalue weighted by molar-refractivity contribution is 5.81. The molecule has 0 heterocycles. The third kappa shape index (κ3) is 5.93. The van der Waals surface area contributed by atoms with Crippen molar-refractivity contribution in [3.8, 4) is 0 Å². The van der Waals surface area contributed by atoms with Gasteiger partial charge in [0.15, 0.2) is 0 Å². The number of hydrogen-bond donors (Lipinski definition) is 1. The van der Waals surface area contributed by atoms with E-state index in [1.807, 2.05) is 25.2 Å². The van der Waals surface area contributed by atoms with Crippen molar-refractivity contribution in [2.24, 2.45) is 5.92 Å². The van der Waals surface area contributed by atoms with Crippen molar-refractivity contribution in [3.63, 3.8) is 0 Å². The number of carbonyl (C=O) groups is 1. The first-order chi connectivity index (χ1) is 11.6. The maximum absolute atomic E-state index is 11.4. The molecule has 1 saturated carbocycles. The van der Waals surface area contributed by atoms with E-state index < -0.39 is 6.10 Å². The molecular formula is C22H28O2.